The molecule has 1 atom stereocenters. The lowest BCUT2D eigenvalue weighted by molar-refractivity contribution is 0.563. The van der Waals surface area contributed by atoms with Crippen LogP contribution in [-0.4, -0.2) is 28.3 Å². The summed E-state index contributed by atoms with van der Waals surface area (Å²) in [7, 11) is -0.801. The molecule has 0 fully saturated rings. The van der Waals surface area contributed by atoms with Gasteiger partial charge in [0.25, 0.3) is 0 Å². The number of nitrogens with zero attached hydrogens (tertiary/aromatic N) is 1. The molecule has 0 amide bonds. The van der Waals surface area contributed by atoms with E-state index in [1.165, 1.54) is 6.08 Å². The molecule has 0 aliphatic carbocycles. The minimum absolute atomic E-state index is 0.337. The molecule has 0 saturated heterocycles. The highest BCUT2D eigenvalue weighted by molar-refractivity contribution is 7.84. The van der Waals surface area contributed by atoms with Gasteiger partial charge in [-0.05, 0) is 0 Å². The molecule has 0 aromatic carbocycles. The Kier molecular flexibility index (Phi) is 5.37. The van der Waals surface area contributed by atoms with Gasteiger partial charge in [0, 0.05) is 22.3 Å². The van der Waals surface area contributed by atoms with Crippen LogP contribution >= 0.6 is 0 Å². The van der Waals surface area contributed by atoms with Crippen LogP contribution in [0.2, 0.25) is 0 Å². The maximum Gasteiger partial charge on any atom is 0.234 e. The summed E-state index contributed by atoms with van der Waals surface area (Å²) in [5, 5.41) is 0. The number of isocyanates is 1. The molecular weight excluding hydrogens is 138 g/mol. The Labute approximate surface area is 56.6 Å². The number of hydrogen-bond donors (Lipinski definition) is 0. The van der Waals surface area contributed by atoms with Crippen molar-refractivity contribution in [1.29, 1.82) is 0 Å². The van der Waals surface area contributed by atoms with Crippen LogP contribution in [0.1, 0.15) is 6.92 Å². The number of aliphatic imine (C=N–C) groups is 1. The molecule has 1 unspecified atom stereocenters. The van der Waals surface area contributed by atoms with Crippen molar-refractivity contribution in [2.45, 2.75) is 6.92 Å². The fraction of sp³-hybridized carbons (Fsp3) is 0.800. The largest absolute Gasteiger partial charge is 0.260 e. The third-order valence-corrected chi connectivity index (χ3v) is 2.10. The molecule has 4 heteroatoms. The topological polar surface area (TPSA) is 46.5 Å². The first-order valence-electron chi connectivity index (χ1n) is 2.70. The molecule has 0 bridgehead atoms. The molecule has 0 aliphatic heterocycles. The molecule has 0 heterocycles. The molecule has 0 radical (unpaired) electrons. The van der Waals surface area contributed by atoms with Crippen LogP contribution in [0.3, 0.4) is 0 Å². The van der Waals surface area contributed by atoms with Crippen LogP contribution in [0.15, 0.2) is 4.99 Å². The third kappa shape index (κ3) is 5.40. The van der Waals surface area contributed by atoms with E-state index in [1.54, 1.807) is 0 Å². The second-order valence-electron chi connectivity index (χ2n) is 1.41. The van der Waals surface area contributed by atoms with Crippen LogP contribution in [0.4, 0.5) is 0 Å². The van der Waals surface area contributed by atoms with Crippen LogP contribution < -0.4 is 0 Å². The molecule has 0 aliphatic rings. The van der Waals surface area contributed by atoms with Crippen molar-refractivity contribution >= 4 is 16.9 Å². The second kappa shape index (κ2) is 5.66. The molecule has 52 valence electrons. The van der Waals surface area contributed by atoms with E-state index >= 15 is 0 Å². The average Bonchev–Trinajstić information content (AvgIpc) is 1.89. The minimum atomic E-state index is -0.801. The Balaban J connectivity index is 3.27. The maximum absolute atomic E-state index is 10.6. The van der Waals surface area contributed by atoms with E-state index < -0.39 is 10.8 Å². The Morgan fingerprint density at radius 1 is 1.67 bits per heavy atom. The van der Waals surface area contributed by atoms with Gasteiger partial charge >= 0.3 is 0 Å². The summed E-state index contributed by atoms with van der Waals surface area (Å²) in [5.74, 6) is 1.11. The van der Waals surface area contributed by atoms with Crippen molar-refractivity contribution in [3.63, 3.8) is 0 Å². The fourth-order valence-electron chi connectivity index (χ4n) is 0.337. The van der Waals surface area contributed by atoms with E-state index in [4.69, 9.17) is 0 Å². The first-order valence-corrected chi connectivity index (χ1v) is 4.18. The van der Waals surface area contributed by atoms with Crippen molar-refractivity contribution in [2.75, 3.05) is 18.1 Å². The van der Waals surface area contributed by atoms with Gasteiger partial charge in [0.05, 0.1) is 6.54 Å². The van der Waals surface area contributed by atoms with Crippen molar-refractivity contribution in [1.82, 2.24) is 0 Å². The summed E-state index contributed by atoms with van der Waals surface area (Å²) < 4.78 is 10.6. The van der Waals surface area contributed by atoms with Crippen molar-refractivity contribution in [3.8, 4) is 0 Å². The van der Waals surface area contributed by atoms with Crippen LogP contribution in [0.5, 0.6) is 0 Å². The van der Waals surface area contributed by atoms with E-state index in [2.05, 4.69) is 4.99 Å². The van der Waals surface area contributed by atoms with Gasteiger partial charge in [-0.25, -0.2) is 9.79 Å². The Hall–Kier alpha value is -0.470. The average molecular weight is 147 g/mol. The van der Waals surface area contributed by atoms with Gasteiger partial charge in [-0.1, -0.05) is 6.92 Å². The molecule has 0 aromatic rings. The van der Waals surface area contributed by atoms with Crippen molar-refractivity contribution in [3.05, 3.63) is 0 Å². The van der Waals surface area contributed by atoms with E-state index in [9.17, 15) is 9.00 Å². The van der Waals surface area contributed by atoms with Gasteiger partial charge in [0.15, 0.2) is 0 Å². The summed E-state index contributed by atoms with van der Waals surface area (Å²) in [6.07, 6.45) is 1.39. The molecular formula is C5H9NO2S. The predicted molar refractivity (Wildman–Crippen MR) is 36.5 cm³/mol. The smallest absolute Gasteiger partial charge is 0.234 e. The summed E-state index contributed by atoms with van der Waals surface area (Å²) >= 11 is 0. The quantitative estimate of drug-likeness (QED) is 0.418. The van der Waals surface area contributed by atoms with Crippen molar-refractivity contribution < 1.29 is 9.00 Å². The molecule has 0 rings (SSSR count). The molecule has 0 spiro atoms. The van der Waals surface area contributed by atoms with E-state index in [-0.39, 0.29) is 0 Å². The molecule has 0 saturated carbocycles. The van der Waals surface area contributed by atoms with E-state index in [0.717, 1.165) is 0 Å². The highest BCUT2D eigenvalue weighted by atomic mass is 32.2. The zero-order valence-corrected chi connectivity index (χ0v) is 6.11. The minimum Gasteiger partial charge on any atom is -0.260 e. The van der Waals surface area contributed by atoms with Gasteiger partial charge in [0.2, 0.25) is 6.08 Å². The lowest BCUT2D eigenvalue weighted by Gasteiger charge is -1.89. The van der Waals surface area contributed by atoms with E-state index in [1.807, 2.05) is 6.92 Å². The summed E-state index contributed by atoms with van der Waals surface area (Å²) in [6, 6.07) is 0. The first kappa shape index (κ1) is 8.53. The summed E-state index contributed by atoms with van der Waals surface area (Å²) in [4.78, 5) is 12.7. The second-order valence-corrected chi connectivity index (χ2v) is 3.27. The fourth-order valence-corrected chi connectivity index (χ4v) is 0.921. The number of carbonyl (C=O) groups excluding carboxylic acids is 1. The Morgan fingerprint density at radius 2 is 2.33 bits per heavy atom. The third-order valence-electron chi connectivity index (χ3n) is 0.817. The lowest BCUT2D eigenvalue weighted by atomic mass is 10.8. The van der Waals surface area contributed by atoms with Crippen LogP contribution in [0.25, 0.3) is 0 Å². The zero-order valence-electron chi connectivity index (χ0n) is 5.29. The van der Waals surface area contributed by atoms with Crippen LogP contribution in [-0.2, 0) is 15.6 Å². The van der Waals surface area contributed by atoms with Crippen LogP contribution in [0, 0.1) is 0 Å². The molecule has 9 heavy (non-hydrogen) atoms. The zero-order chi connectivity index (χ0) is 7.11. The van der Waals surface area contributed by atoms with Gasteiger partial charge in [-0.15, -0.1) is 0 Å². The van der Waals surface area contributed by atoms with Gasteiger partial charge < -0.3 is 0 Å². The van der Waals surface area contributed by atoms with E-state index in [0.29, 0.717) is 18.1 Å². The Morgan fingerprint density at radius 3 is 2.78 bits per heavy atom. The molecule has 0 N–H and O–H groups in total. The van der Waals surface area contributed by atoms with Gasteiger partial charge in [-0.2, -0.15) is 0 Å². The maximum atomic E-state index is 10.6. The molecule has 0 aromatic heterocycles. The number of hydrogen-bond acceptors (Lipinski definition) is 3. The standard InChI is InChI=1S/C5H9NO2S/c1-2-9(8)4-3-6-5-7/h2-4H2,1H3. The lowest BCUT2D eigenvalue weighted by Crippen LogP contribution is -2.01. The first-order chi connectivity index (χ1) is 4.31. The van der Waals surface area contributed by atoms with Crippen molar-refractivity contribution in [2.24, 2.45) is 4.99 Å². The monoisotopic (exact) mass is 147 g/mol. The van der Waals surface area contributed by atoms with Gasteiger partial charge in [-0.3, -0.25) is 4.21 Å². The highest BCUT2D eigenvalue weighted by Gasteiger charge is 1.91. The summed E-state index contributed by atoms with van der Waals surface area (Å²) in [5.41, 5.74) is 0. The SMILES string of the molecule is CCS(=O)CCN=C=O. The summed E-state index contributed by atoms with van der Waals surface area (Å²) in [6.45, 7) is 2.17. The normalized spacial score (nSPS) is 12.1. The van der Waals surface area contributed by atoms with Gasteiger partial charge in [0.1, 0.15) is 0 Å². The molecule has 3 nitrogen and oxygen atoms in total. The highest BCUT2D eigenvalue weighted by Crippen LogP contribution is 1.80. The number of rotatable bonds is 4. The predicted octanol–water partition coefficient (Wildman–Crippen LogP) is 0.0908. The Bertz CT molecular complexity index is 140.